The third kappa shape index (κ3) is 1.41. The lowest BCUT2D eigenvalue weighted by Gasteiger charge is -2.26. The first-order chi connectivity index (χ1) is 6.72. The summed E-state index contributed by atoms with van der Waals surface area (Å²) in [5, 5.41) is 7.18. The van der Waals surface area contributed by atoms with Crippen LogP contribution in [0.1, 0.15) is 30.3 Å². The number of aryl methyl sites for hydroxylation is 1. The summed E-state index contributed by atoms with van der Waals surface area (Å²) in [5.74, 6) is 0.233. The molecule has 76 valence electrons. The lowest BCUT2D eigenvalue weighted by Crippen LogP contribution is -2.35. The van der Waals surface area contributed by atoms with Crippen molar-refractivity contribution in [2.24, 2.45) is 0 Å². The number of H-pyrrole nitrogens is 1. The first kappa shape index (κ1) is 9.24. The van der Waals surface area contributed by atoms with Crippen LogP contribution in [-0.2, 0) is 17.8 Å². The van der Waals surface area contributed by atoms with Crippen molar-refractivity contribution in [3.63, 3.8) is 0 Å². The van der Waals surface area contributed by atoms with E-state index in [1.165, 1.54) is 5.56 Å². The maximum absolute atomic E-state index is 11.5. The van der Waals surface area contributed by atoms with Crippen molar-refractivity contribution in [2.45, 2.75) is 33.2 Å². The van der Waals surface area contributed by atoms with E-state index in [0.717, 1.165) is 30.9 Å². The van der Waals surface area contributed by atoms with Crippen LogP contribution in [0.5, 0.6) is 0 Å². The number of carbonyl (C=O) groups is 1. The van der Waals surface area contributed by atoms with Gasteiger partial charge in [-0.05, 0) is 6.92 Å². The normalized spacial score (nSPS) is 15.4. The molecule has 0 bridgehead atoms. The van der Waals surface area contributed by atoms with Gasteiger partial charge in [0.05, 0.1) is 5.69 Å². The molecular weight excluding hydrogens is 178 g/mol. The molecule has 1 amide bonds. The van der Waals surface area contributed by atoms with Crippen molar-refractivity contribution in [2.75, 3.05) is 6.54 Å². The van der Waals surface area contributed by atoms with Crippen molar-refractivity contribution in [1.82, 2.24) is 15.1 Å². The Kier molecular flexibility index (Phi) is 2.27. The summed E-state index contributed by atoms with van der Waals surface area (Å²) in [6, 6.07) is 0. The quantitative estimate of drug-likeness (QED) is 0.723. The number of rotatable bonds is 1. The van der Waals surface area contributed by atoms with Crippen LogP contribution >= 0.6 is 0 Å². The highest BCUT2D eigenvalue weighted by molar-refractivity contribution is 5.76. The maximum atomic E-state index is 11.5. The van der Waals surface area contributed by atoms with Gasteiger partial charge in [-0.2, -0.15) is 5.10 Å². The molecule has 0 aromatic carbocycles. The van der Waals surface area contributed by atoms with Crippen LogP contribution in [0.25, 0.3) is 0 Å². The topological polar surface area (TPSA) is 49.0 Å². The van der Waals surface area contributed by atoms with E-state index in [0.29, 0.717) is 6.42 Å². The van der Waals surface area contributed by atoms with Crippen molar-refractivity contribution in [3.05, 3.63) is 17.0 Å². The number of aromatic nitrogens is 2. The van der Waals surface area contributed by atoms with Crippen LogP contribution in [0.2, 0.25) is 0 Å². The average Bonchev–Trinajstić information content (AvgIpc) is 2.59. The molecule has 1 aromatic rings. The molecule has 0 atom stereocenters. The second-order valence-corrected chi connectivity index (χ2v) is 3.69. The number of nitrogens with one attached hydrogen (secondary N) is 1. The van der Waals surface area contributed by atoms with Gasteiger partial charge >= 0.3 is 0 Å². The van der Waals surface area contributed by atoms with Crippen LogP contribution in [0, 0.1) is 6.92 Å². The van der Waals surface area contributed by atoms with Crippen LogP contribution in [0.3, 0.4) is 0 Å². The summed E-state index contributed by atoms with van der Waals surface area (Å²) >= 11 is 0. The van der Waals surface area contributed by atoms with Crippen LogP contribution < -0.4 is 0 Å². The molecule has 0 radical (unpaired) electrons. The summed E-state index contributed by atoms with van der Waals surface area (Å²) in [4.78, 5) is 13.4. The van der Waals surface area contributed by atoms with Crippen LogP contribution in [0.15, 0.2) is 0 Å². The van der Waals surface area contributed by atoms with Crippen molar-refractivity contribution in [1.29, 1.82) is 0 Å². The number of carbonyl (C=O) groups excluding carboxylic acids is 1. The van der Waals surface area contributed by atoms with Gasteiger partial charge in [-0.1, -0.05) is 6.92 Å². The Morgan fingerprint density at radius 2 is 2.43 bits per heavy atom. The Morgan fingerprint density at radius 1 is 1.64 bits per heavy atom. The minimum Gasteiger partial charge on any atom is -0.338 e. The molecule has 4 heteroatoms. The van der Waals surface area contributed by atoms with Crippen molar-refractivity contribution < 1.29 is 4.79 Å². The van der Waals surface area contributed by atoms with E-state index in [-0.39, 0.29) is 5.91 Å². The number of hydrogen-bond acceptors (Lipinski definition) is 2. The molecule has 2 heterocycles. The van der Waals surface area contributed by atoms with Gasteiger partial charge in [0, 0.05) is 37.2 Å². The average molecular weight is 193 g/mol. The van der Waals surface area contributed by atoms with Gasteiger partial charge in [-0.15, -0.1) is 0 Å². The van der Waals surface area contributed by atoms with E-state index in [1.54, 1.807) is 0 Å². The SMILES string of the molecule is CCC(=O)N1CCc2n[nH]c(C)c2C1. The van der Waals surface area contributed by atoms with Crippen LogP contribution in [0.4, 0.5) is 0 Å². The monoisotopic (exact) mass is 193 g/mol. The molecule has 14 heavy (non-hydrogen) atoms. The molecule has 0 unspecified atom stereocenters. The summed E-state index contributed by atoms with van der Waals surface area (Å²) < 4.78 is 0. The summed E-state index contributed by atoms with van der Waals surface area (Å²) in [6.07, 6.45) is 1.47. The Balaban J connectivity index is 2.20. The molecule has 0 aliphatic carbocycles. The van der Waals surface area contributed by atoms with Crippen molar-refractivity contribution >= 4 is 5.91 Å². The molecule has 2 rings (SSSR count). The van der Waals surface area contributed by atoms with E-state index in [1.807, 2.05) is 18.7 Å². The highest BCUT2D eigenvalue weighted by atomic mass is 16.2. The van der Waals surface area contributed by atoms with Gasteiger partial charge in [0.15, 0.2) is 0 Å². The summed E-state index contributed by atoms with van der Waals surface area (Å²) in [5.41, 5.74) is 3.43. The molecule has 0 spiro atoms. The number of fused-ring (bicyclic) bond motifs is 1. The van der Waals surface area contributed by atoms with E-state index >= 15 is 0 Å². The van der Waals surface area contributed by atoms with E-state index in [9.17, 15) is 4.79 Å². The Bertz CT molecular complexity index is 356. The number of nitrogens with zero attached hydrogens (tertiary/aromatic N) is 2. The fourth-order valence-corrected chi connectivity index (χ4v) is 1.87. The fraction of sp³-hybridized carbons (Fsp3) is 0.600. The smallest absolute Gasteiger partial charge is 0.222 e. The lowest BCUT2D eigenvalue weighted by atomic mass is 10.1. The standard InChI is InChI=1S/C10H15N3O/c1-3-10(14)13-5-4-9-8(6-13)7(2)11-12-9/h3-6H2,1-2H3,(H,11,12). The second-order valence-electron chi connectivity index (χ2n) is 3.69. The van der Waals surface area contributed by atoms with Gasteiger partial charge in [-0.3, -0.25) is 9.89 Å². The van der Waals surface area contributed by atoms with E-state index < -0.39 is 0 Å². The van der Waals surface area contributed by atoms with E-state index in [4.69, 9.17) is 0 Å². The first-order valence-electron chi connectivity index (χ1n) is 5.03. The minimum atomic E-state index is 0.233. The van der Waals surface area contributed by atoms with Gasteiger partial charge in [0.2, 0.25) is 5.91 Å². The van der Waals surface area contributed by atoms with E-state index in [2.05, 4.69) is 10.2 Å². The zero-order valence-corrected chi connectivity index (χ0v) is 8.63. The molecule has 0 fully saturated rings. The zero-order chi connectivity index (χ0) is 10.1. The summed E-state index contributed by atoms with van der Waals surface area (Å²) in [7, 11) is 0. The predicted octanol–water partition coefficient (Wildman–Crippen LogP) is 1.01. The molecule has 1 aliphatic heterocycles. The Morgan fingerprint density at radius 3 is 3.14 bits per heavy atom. The molecule has 0 saturated heterocycles. The highest BCUT2D eigenvalue weighted by Crippen LogP contribution is 2.19. The largest absolute Gasteiger partial charge is 0.338 e. The third-order valence-electron chi connectivity index (χ3n) is 2.78. The Hall–Kier alpha value is -1.32. The molecule has 4 nitrogen and oxygen atoms in total. The zero-order valence-electron chi connectivity index (χ0n) is 8.63. The fourth-order valence-electron chi connectivity index (χ4n) is 1.87. The van der Waals surface area contributed by atoms with Gasteiger partial charge < -0.3 is 4.90 Å². The molecule has 0 saturated carbocycles. The minimum absolute atomic E-state index is 0.233. The third-order valence-corrected chi connectivity index (χ3v) is 2.78. The summed E-state index contributed by atoms with van der Waals surface area (Å²) in [6.45, 7) is 5.44. The maximum Gasteiger partial charge on any atom is 0.222 e. The molecule has 1 aromatic heterocycles. The second kappa shape index (κ2) is 3.44. The lowest BCUT2D eigenvalue weighted by molar-refractivity contribution is -0.131. The van der Waals surface area contributed by atoms with Gasteiger partial charge in [0.1, 0.15) is 0 Å². The van der Waals surface area contributed by atoms with Gasteiger partial charge in [-0.25, -0.2) is 0 Å². The Labute approximate surface area is 83.3 Å². The number of amides is 1. The first-order valence-corrected chi connectivity index (χ1v) is 5.03. The van der Waals surface area contributed by atoms with Gasteiger partial charge in [0.25, 0.3) is 0 Å². The van der Waals surface area contributed by atoms with Crippen molar-refractivity contribution in [3.8, 4) is 0 Å². The number of aromatic amines is 1. The highest BCUT2D eigenvalue weighted by Gasteiger charge is 2.22. The molecule has 1 aliphatic rings. The molecule has 1 N–H and O–H groups in total. The number of hydrogen-bond donors (Lipinski definition) is 1. The predicted molar refractivity (Wildman–Crippen MR) is 52.7 cm³/mol. The van der Waals surface area contributed by atoms with Crippen LogP contribution in [-0.4, -0.2) is 27.5 Å². The molecular formula is C10H15N3O.